The van der Waals surface area contributed by atoms with Gasteiger partial charge in [-0.05, 0) is 28.1 Å². The Balaban J connectivity index is 2.33. The van der Waals surface area contributed by atoms with E-state index in [0.717, 1.165) is 0 Å². The van der Waals surface area contributed by atoms with Crippen molar-refractivity contribution in [3.63, 3.8) is 0 Å². The van der Waals surface area contributed by atoms with Crippen LogP contribution in [0.4, 0.5) is 5.95 Å². The Morgan fingerprint density at radius 3 is 2.61 bits per heavy atom. The van der Waals surface area contributed by atoms with E-state index < -0.39 is 0 Å². The molecule has 0 amide bonds. The molecule has 0 unspecified atom stereocenters. The first-order valence-electron chi connectivity index (χ1n) is 5.25. The number of hydrogen-bond donors (Lipinski definition) is 1. The normalized spacial score (nSPS) is 9.94. The molecule has 1 heterocycles. The van der Waals surface area contributed by atoms with Crippen molar-refractivity contribution in [1.82, 2.24) is 9.97 Å². The summed E-state index contributed by atoms with van der Waals surface area (Å²) in [6.45, 7) is 0. The van der Waals surface area contributed by atoms with Crippen LogP contribution in [0.5, 0.6) is 17.4 Å². The second-order valence-corrected chi connectivity index (χ2v) is 4.20. The van der Waals surface area contributed by atoms with Crippen molar-refractivity contribution in [3.8, 4) is 17.4 Å². The van der Waals surface area contributed by atoms with Gasteiger partial charge in [-0.15, -0.1) is 0 Å². The monoisotopic (exact) mass is 309 g/mol. The molecule has 0 aliphatic heterocycles. The fourth-order valence-corrected chi connectivity index (χ4v) is 1.62. The standard InChI is InChI=1S/C12H12BrN3O2/c1-14-12-15-7-8(13)11(16-12)18-10-6-4-3-5-9(10)17-2/h3-7H,1-2H3,(H,14,15,16). The molecule has 2 aromatic rings. The number of ether oxygens (including phenoxy) is 2. The Labute approximate surface area is 113 Å². The number of halogens is 1. The van der Waals surface area contributed by atoms with E-state index in [1.165, 1.54) is 0 Å². The molecule has 5 nitrogen and oxygen atoms in total. The molecule has 0 atom stereocenters. The number of nitrogens with one attached hydrogen (secondary N) is 1. The van der Waals surface area contributed by atoms with Gasteiger partial charge in [0.1, 0.15) is 0 Å². The molecule has 1 N–H and O–H groups in total. The van der Waals surface area contributed by atoms with Gasteiger partial charge in [-0.25, -0.2) is 4.98 Å². The van der Waals surface area contributed by atoms with Gasteiger partial charge >= 0.3 is 0 Å². The maximum atomic E-state index is 5.71. The van der Waals surface area contributed by atoms with Gasteiger partial charge < -0.3 is 14.8 Å². The van der Waals surface area contributed by atoms with Gasteiger partial charge in [0.15, 0.2) is 11.5 Å². The Kier molecular flexibility index (Phi) is 3.99. The number of anilines is 1. The van der Waals surface area contributed by atoms with Crippen LogP contribution in [0.2, 0.25) is 0 Å². The summed E-state index contributed by atoms with van der Waals surface area (Å²) in [5.74, 6) is 2.16. The molecule has 0 spiro atoms. The summed E-state index contributed by atoms with van der Waals surface area (Å²) in [5, 5.41) is 2.85. The number of para-hydroxylation sites is 2. The minimum atomic E-state index is 0.429. The van der Waals surface area contributed by atoms with Crippen LogP contribution in [0, 0.1) is 0 Å². The summed E-state index contributed by atoms with van der Waals surface area (Å²) in [5.41, 5.74) is 0. The Morgan fingerprint density at radius 2 is 1.94 bits per heavy atom. The van der Waals surface area contributed by atoms with Crippen LogP contribution in [0.3, 0.4) is 0 Å². The zero-order chi connectivity index (χ0) is 13.0. The molecule has 0 saturated carbocycles. The highest BCUT2D eigenvalue weighted by Gasteiger charge is 2.10. The molecule has 0 aliphatic carbocycles. The molecular formula is C12H12BrN3O2. The molecule has 0 saturated heterocycles. The van der Waals surface area contributed by atoms with Gasteiger partial charge in [0.05, 0.1) is 17.8 Å². The topological polar surface area (TPSA) is 56.3 Å². The highest BCUT2D eigenvalue weighted by Crippen LogP contribution is 2.33. The van der Waals surface area contributed by atoms with Crippen LogP contribution in [0.15, 0.2) is 34.9 Å². The van der Waals surface area contributed by atoms with Gasteiger partial charge in [-0.1, -0.05) is 12.1 Å². The van der Waals surface area contributed by atoms with E-state index in [-0.39, 0.29) is 0 Å². The molecule has 2 rings (SSSR count). The minimum absolute atomic E-state index is 0.429. The van der Waals surface area contributed by atoms with Crippen molar-refractivity contribution in [1.29, 1.82) is 0 Å². The van der Waals surface area contributed by atoms with E-state index in [1.54, 1.807) is 20.4 Å². The third kappa shape index (κ3) is 2.70. The fourth-order valence-electron chi connectivity index (χ4n) is 1.35. The predicted molar refractivity (Wildman–Crippen MR) is 72.3 cm³/mol. The van der Waals surface area contributed by atoms with Crippen LogP contribution >= 0.6 is 15.9 Å². The first kappa shape index (κ1) is 12.6. The Morgan fingerprint density at radius 1 is 1.22 bits per heavy atom. The molecule has 6 heteroatoms. The molecule has 0 aliphatic rings. The number of aromatic nitrogens is 2. The highest BCUT2D eigenvalue weighted by molar-refractivity contribution is 9.10. The van der Waals surface area contributed by atoms with E-state index in [4.69, 9.17) is 9.47 Å². The fraction of sp³-hybridized carbons (Fsp3) is 0.167. The van der Waals surface area contributed by atoms with Crippen LogP contribution in [0.1, 0.15) is 0 Å². The molecular weight excluding hydrogens is 298 g/mol. The SMILES string of the molecule is CNc1ncc(Br)c(Oc2ccccc2OC)n1. The third-order valence-electron chi connectivity index (χ3n) is 2.21. The quantitative estimate of drug-likeness (QED) is 0.940. The van der Waals surface area contributed by atoms with E-state index in [1.807, 2.05) is 24.3 Å². The van der Waals surface area contributed by atoms with Crippen molar-refractivity contribution in [2.45, 2.75) is 0 Å². The summed E-state index contributed by atoms with van der Waals surface area (Å²) in [4.78, 5) is 8.28. The zero-order valence-corrected chi connectivity index (χ0v) is 11.6. The van der Waals surface area contributed by atoms with Crippen LogP contribution in [0.25, 0.3) is 0 Å². The van der Waals surface area contributed by atoms with Crippen LogP contribution in [-0.4, -0.2) is 24.1 Å². The highest BCUT2D eigenvalue weighted by atomic mass is 79.9. The Bertz CT molecular complexity index is 549. The van der Waals surface area contributed by atoms with Gasteiger partial charge in [0, 0.05) is 7.05 Å². The van der Waals surface area contributed by atoms with Gasteiger partial charge in [0.25, 0.3) is 0 Å². The summed E-state index contributed by atoms with van der Waals surface area (Å²) in [6.07, 6.45) is 1.63. The summed E-state index contributed by atoms with van der Waals surface area (Å²) < 4.78 is 11.6. The smallest absolute Gasteiger partial charge is 0.238 e. The van der Waals surface area contributed by atoms with Crippen LogP contribution < -0.4 is 14.8 Å². The molecule has 94 valence electrons. The maximum absolute atomic E-state index is 5.71. The van der Waals surface area contributed by atoms with Crippen molar-refractivity contribution < 1.29 is 9.47 Å². The molecule has 0 radical (unpaired) electrons. The molecule has 0 bridgehead atoms. The number of methoxy groups -OCH3 is 1. The van der Waals surface area contributed by atoms with Gasteiger partial charge in [-0.2, -0.15) is 4.98 Å². The maximum Gasteiger partial charge on any atom is 0.238 e. The number of benzene rings is 1. The second kappa shape index (κ2) is 5.68. The van der Waals surface area contributed by atoms with E-state index in [2.05, 4.69) is 31.2 Å². The van der Waals surface area contributed by atoms with Crippen molar-refractivity contribution in [2.24, 2.45) is 0 Å². The van der Waals surface area contributed by atoms with Gasteiger partial charge in [0.2, 0.25) is 11.8 Å². The lowest BCUT2D eigenvalue weighted by molar-refractivity contribution is 0.373. The van der Waals surface area contributed by atoms with Crippen LogP contribution in [-0.2, 0) is 0 Å². The lowest BCUT2D eigenvalue weighted by atomic mass is 10.3. The first-order chi connectivity index (χ1) is 8.74. The van der Waals surface area contributed by atoms with E-state index in [9.17, 15) is 0 Å². The van der Waals surface area contributed by atoms with E-state index in [0.29, 0.717) is 27.8 Å². The molecule has 1 aromatic heterocycles. The summed E-state index contributed by atoms with van der Waals surface area (Å²) >= 11 is 3.34. The lowest BCUT2D eigenvalue weighted by Crippen LogP contribution is -1.99. The largest absolute Gasteiger partial charge is 0.493 e. The summed E-state index contributed by atoms with van der Waals surface area (Å²) in [7, 11) is 3.34. The number of hydrogen-bond acceptors (Lipinski definition) is 5. The molecule has 1 aromatic carbocycles. The molecule has 0 fully saturated rings. The average Bonchev–Trinajstić information content (AvgIpc) is 2.42. The Hall–Kier alpha value is -1.82. The number of nitrogens with zero attached hydrogens (tertiary/aromatic N) is 2. The molecule has 18 heavy (non-hydrogen) atoms. The predicted octanol–water partition coefficient (Wildman–Crippen LogP) is 3.08. The minimum Gasteiger partial charge on any atom is -0.493 e. The van der Waals surface area contributed by atoms with Crippen molar-refractivity contribution in [2.75, 3.05) is 19.5 Å². The van der Waals surface area contributed by atoms with Crippen molar-refractivity contribution >= 4 is 21.9 Å². The first-order valence-corrected chi connectivity index (χ1v) is 6.05. The van der Waals surface area contributed by atoms with E-state index >= 15 is 0 Å². The van der Waals surface area contributed by atoms with Crippen molar-refractivity contribution in [3.05, 3.63) is 34.9 Å². The third-order valence-corrected chi connectivity index (χ3v) is 2.76. The average molecular weight is 310 g/mol. The summed E-state index contributed by atoms with van der Waals surface area (Å²) in [6, 6.07) is 7.38. The second-order valence-electron chi connectivity index (χ2n) is 3.35. The lowest BCUT2D eigenvalue weighted by Gasteiger charge is -2.10. The van der Waals surface area contributed by atoms with Gasteiger partial charge in [-0.3, -0.25) is 0 Å². The number of rotatable bonds is 4. The zero-order valence-electron chi connectivity index (χ0n) is 9.98.